The van der Waals surface area contributed by atoms with Crippen molar-refractivity contribution in [2.24, 2.45) is 0 Å². The summed E-state index contributed by atoms with van der Waals surface area (Å²) >= 11 is 6.32. The third-order valence-electron chi connectivity index (χ3n) is 3.61. The Labute approximate surface area is 132 Å². The molecule has 1 unspecified atom stereocenters. The maximum Gasteiger partial charge on any atom is 0.0597 e. The normalized spacial score (nSPS) is 12.6. The lowest BCUT2D eigenvalue weighted by Gasteiger charge is -2.20. The summed E-state index contributed by atoms with van der Waals surface area (Å²) in [6.45, 7) is 8.23. The first-order valence-corrected chi connectivity index (χ1v) is 8.04. The van der Waals surface area contributed by atoms with Crippen LogP contribution >= 0.6 is 11.6 Å². The number of hydrogen-bond acceptors (Lipinski definition) is 2. The fourth-order valence-electron chi connectivity index (χ4n) is 2.58. The van der Waals surface area contributed by atoms with E-state index in [-0.39, 0.29) is 6.04 Å². The molecule has 0 amide bonds. The molecule has 0 aliphatic carbocycles. The summed E-state index contributed by atoms with van der Waals surface area (Å²) in [5.41, 5.74) is 3.48. The number of nitrogens with one attached hydrogen (secondary N) is 1. The molecule has 0 radical (unpaired) electrons. The summed E-state index contributed by atoms with van der Waals surface area (Å²) in [5.74, 6) is 0. The average Bonchev–Trinajstić information content (AvgIpc) is 2.86. The van der Waals surface area contributed by atoms with Gasteiger partial charge in [-0.3, -0.25) is 4.68 Å². The second-order valence-corrected chi connectivity index (χ2v) is 5.74. The first-order valence-electron chi connectivity index (χ1n) is 7.66. The molecule has 1 atom stereocenters. The van der Waals surface area contributed by atoms with Crippen LogP contribution in [0.1, 0.15) is 43.3 Å². The molecular weight excluding hydrogens is 282 g/mol. The Kier molecular flexibility index (Phi) is 5.83. The molecule has 0 spiro atoms. The maximum absolute atomic E-state index is 6.32. The van der Waals surface area contributed by atoms with Crippen LogP contribution in [0.15, 0.2) is 30.3 Å². The van der Waals surface area contributed by atoms with Gasteiger partial charge in [0.2, 0.25) is 0 Å². The van der Waals surface area contributed by atoms with Gasteiger partial charge in [-0.05, 0) is 50.9 Å². The van der Waals surface area contributed by atoms with Crippen LogP contribution in [0, 0.1) is 6.92 Å². The van der Waals surface area contributed by atoms with Gasteiger partial charge in [0.15, 0.2) is 0 Å². The van der Waals surface area contributed by atoms with Crippen LogP contribution in [-0.2, 0) is 13.0 Å². The molecule has 114 valence electrons. The van der Waals surface area contributed by atoms with Crippen molar-refractivity contribution in [3.05, 3.63) is 52.3 Å². The first kappa shape index (κ1) is 16.1. The minimum absolute atomic E-state index is 0.242. The summed E-state index contributed by atoms with van der Waals surface area (Å²) in [6, 6.07) is 10.5. The molecule has 0 fully saturated rings. The van der Waals surface area contributed by atoms with E-state index in [9.17, 15) is 0 Å². The van der Waals surface area contributed by atoms with E-state index < -0.39 is 0 Å². The van der Waals surface area contributed by atoms with Crippen molar-refractivity contribution >= 4 is 11.6 Å². The Bertz CT molecular complexity index is 577. The van der Waals surface area contributed by atoms with Crippen molar-refractivity contribution in [2.75, 3.05) is 6.54 Å². The predicted molar refractivity (Wildman–Crippen MR) is 88.8 cm³/mol. The highest BCUT2D eigenvalue weighted by Gasteiger charge is 2.18. The Hall–Kier alpha value is -1.32. The highest BCUT2D eigenvalue weighted by molar-refractivity contribution is 6.31. The third kappa shape index (κ3) is 4.08. The number of aromatic nitrogens is 2. The van der Waals surface area contributed by atoms with Crippen molar-refractivity contribution in [2.45, 2.75) is 46.2 Å². The van der Waals surface area contributed by atoms with E-state index in [0.717, 1.165) is 36.6 Å². The molecule has 0 aliphatic heterocycles. The lowest BCUT2D eigenvalue weighted by Crippen LogP contribution is -2.26. The zero-order valence-electron chi connectivity index (χ0n) is 13.1. The number of benzene rings is 1. The van der Waals surface area contributed by atoms with E-state index in [4.69, 9.17) is 11.6 Å². The number of nitrogens with zero attached hydrogens (tertiary/aromatic N) is 2. The van der Waals surface area contributed by atoms with E-state index >= 15 is 0 Å². The maximum atomic E-state index is 6.32. The molecule has 21 heavy (non-hydrogen) atoms. The molecule has 1 aromatic carbocycles. The van der Waals surface area contributed by atoms with Crippen LogP contribution in [0.5, 0.6) is 0 Å². The monoisotopic (exact) mass is 305 g/mol. The van der Waals surface area contributed by atoms with Gasteiger partial charge in [0, 0.05) is 11.6 Å². The van der Waals surface area contributed by atoms with Crippen LogP contribution < -0.4 is 5.32 Å². The van der Waals surface area contributed by atoms with Gasteiger partial charge in [-0.2, -0.15) is 5.10 Å². The second kappa shape index (κ2) is 7.62. The van der Waals surface area contributed by atoms with E-state index in [1.807, 2.05) is 25.1 Å². The van der Waals surface area contributed by atoms with E-state index in [0.29, 0.717) is 0 Å². The van der Waals surface area contributed by atoms with Gasteiger partial charge in [0.1, 0.15) is 0 Å². The minimum Gasteiger partial charge on any atom is -0.308 e. The molecule has 1 aromatic heterocycles. The Morgan fingerprint density at radius 1 is 1.29 bits per heavy atom. The number of halogens is 1. The summed E-state index contributed by atoms with van der Waals surface area (Å²) in [7, 11) is 0. The summed E-state index contributed by atoms with van der Waals surface area (Å²) in [4.78, 5) is 0. The van der Waals surface area contributed by atoms with Crippen LogP contribution in [0.4, 0.5) is 0 Å². The molecule has 4 heteroatoms. The van der Waals surface area contributed by atoms with Gasteiger partial charge in [0.05, 0.1) is 17.4 Å². The summed E-state index contributed by atoms with van der Waals surface area (Å²) in [6.07, 6.45) is 1.99. The van der Waals surface area contributed by atoms with E-state index in [2.05, 4.69) is 41.1 Å². The van der Waals surface area contributed by atoms with Crippen molar-refractivity contribution in [1.82, 2.24) is 15.1 Å². The van der Waals surface area contributed by atoms with Crippen molar-refractivity contribution in [3.8, 4) is 0 Å². The summed E-state index contributed by atoms with van der Waals surface area (Å²) < 4.78 is 2.08. The fraction of sp³-hybridized carbons (Fsp3) is 0.471. The molecule has 0 bridgehead atoms. The molecule has 0 saturated carbocycles. The molecule has 1 heterocycles. The predicted octanol–water partition coefficient (Wildman–Crippen LogP) is 4.15. The van der Waals surface area contributed by atoms with Gasteiger partial charge >= 0.3 is 0 Å². The smallest absolute Gasteiger partial charge is 0.0597 e. The lowest BCUT2D eigenvalue weighted by atomic mass is 10.0. The topological polar surface area (TPSA) is 29.9 Å². The van der Waals surface area contributed by atoms with E-state index in [1.54, 1.807) is 0 Å². The van der Waals surface area contributed by atoms with Crippen LogP contribution in [0.2, 0.25) is 5.02 Å². The molecule has 3 nitrogen and oxygen atoms in total. The highest BCUT2D eigenvalue weighted by Crippen LogP contribution is 2.24. The molecular formula is C17H24ClN3. The zero-order valence-corrected chi connectivity index (χ0v) is 13.8. The number of hydrogen-bond donors (Lipinski definition) is 1. The SMILES string of the molecule is CCCNC(Cc1ccccc1Cl)c1cc(C)nn1CC. The van der Waals surface area contributed by atoms with Crippen LogP contribution in [0.3, 0.4) is 0 Å². The van der Waals surface area contributed by atoms with Crippen LogP contribution in [0.25, 0.3) is 0 Å². The Balaban J connectivity index is 2.27. The molecule has 2 aromatic rings. The number of rotatable bonds is 7. The standard InChI is InChI=1S/C17H24ClN3/c1-4-10-19-16(12-14-8-6-7-9-15(14)18)17-11-13(3)20-21(17)5-2/h6-9,11,16,19H,4-5,10,12H2,1-3H3. The molecule has 0 saturated heterocycles. The van der Waals surface area contributed by atoms with Gasteiger partial charge < -0.3 is 5.32 Å². The highest BCUT2D eigenvalue weighted by atomic mass is 35.5. The van der Waals surface area contributed by atoms with Crippen molar-refractivity contribution in [3.63, 3.8) is 0 Å². The van der Waals surface area contributed by atoms with Crippen molar-refractivity contribution < 1.29 is 0 Å². The molecule has 0 aliphatic rings. The van der Waals surface area contributed by atoms with Crippen molar-refractivity contribution in [1.29, 1.82) is 0 Å². The quantitative estimate of drug-likeness (QED) is 0.833. The van der Waals surface area contributed by atoms with Gasteiger partial charge in [-0.25, -0.2) is 0 Å². The second-order valence-electron chi connectivity index (χ2n) is 5.33. The largest absolute Gasteiger partial charge is 0.308 e. The summed E-state index contributed by atoms with van der Waals surface area (Å²) in [5, 5.41) is 9.03. The molecule has 1 N–H and O–H groups in total. The molecule has 2 rings (SSSR count). The van der Waals surface area contributed by atoms with Gasteiger partial charge in [0.25, 0.3) is 0 Å². The van der Waals surface area contributed by atoms with Gasteiger partial charge in [-0.1, -0.05) is 36.7 Å². The van der Waals surface area contributed by atoms with E-state index in [1.165, 1.54) is 11.3 Å². The Morgan fingerprint density at radius 3 is 2.71 bits per heavy atom. The zero-order chi connectivity index (χ0) is 15.2. The lowest BCUT2D eigenvalue weighted by molar-refractivity contribution is 0.478. The minimum atomic E-state index is 0.242. The first-order chi connectivity index (χ1) is 10.2. The average molecular weight is 306 g/mol. The number of aryl methyl sites for hydroxylation is 2. The van der Waals surface area contributed by atoms with Gasteiger partial charge in [-0.15, -0.1) is 0 Å². The Morgan fingerprint density at radius 2 is 2.05 bits per heavy atom. The van der Waals surface area contributed by atoms with Crippen LogP contribution in [-0.4, -0.2) is 16.3 Å². The fourth-order valence-corrected chi connectivity index (χ4v) is 2.80. The third-order valence-corrected chi connectivity index (χ3v) is 3.98.